The fraction of sp³-hybridized carbons (Fsp3) is 0.471. The van der Waals surface area contributed by atoms with Crippen molar-refractivity contribution < 1.29 is 13.2 Å². The Kier molecular flexibility index (Phi) is 5.55. The monoisotopic (exact) mass is 396 g/mol. The number of nitrogens with one attached hydrogen (secondary N) is 2. The first kappa shape index (κ1) is 20.5. The van der Waals surface area contributed by atoms with Crippen molar-refractivity contribution in [1.82, 2.24) is 14.9 Å². The molecule has 26 heavy (non-hydrogen) atoms. The molecule has 0 saturated carbocycles. The summed E-state index contributed by atoms with van der Waals surface area (Å²) in [5.41, 5.74) is -0.388. The normalized spacial score (nSPS) is 12.8. The van der Waals surface area contributed by atoms with Gasteiger partial charge in [0, 0.05) is 16.5 Å². The molecule has 7 nitrogen and oxygen atoms in total. The molecule has 2 N–H and O–H groups in total. The Morgan fingerprint density at radius 2 is 1.58 bits per heavy atom. The van der Waals surface area contributed by atoms with Gasteiger partial charge in [0.2, 0.25) is 15.2 Å². The van der Waals surface area contributed by atoms with Crippen molar-refractivity contribution in [3.05, 3.63) is 34.8 Å². The first-order valence-electron chi connectivity index (χ1n) is 8.07. The number of hydrogen-bond donors (Lipinski definition) is 2. The van der Waals surface area contributed by atoms with Crippen LogP contribution < -0.4 is 10.0 Å². The van der Waals surface area contributed by atoms with Gasteiger partial charge in [-0.3, -0.25) is 10.1 Å². The zero-order valence-corrected chi connectivity index (χ0v) is 17.4. The van der Waals surface area contributed by atoms with Crippen molar-refractivity contribution in [2.24, 2.45) is 0 Å². The third kappa shape index (κ3) is 5.33. The third-order valence-electron chi connectivity index (χ3n) is 3.15. The fourth-order valence-corrected chi connectivity index (χ4v) is 4.21. The van der Waals surface area contributed by atoms with Crippen molar-refractivity contribution in [3.8, 4) is 0 Å². The number of carbonyl (C=O) groups excluding carboxylic acids is 1. The molecule has 0 saturated heterocycles. The lowest BCUT2D eigenvalue weighted by Crippen LogP contribution is -2.40. The molecule has 1 aromatic carbocycles. The number of anilines is 1. The third-order valence-corrected chi connectivity index (χ3v) is 6.19. The number of sulfonamides is 1. The highest BCUT2D eigenvalue weighted by Crippen LogP contribution is 2.28. The molecule has 2 rings (SSSR count). The van der Waals surface area contributed by atoms with Crippen LogP contribution in [0.25, 0.3) is 0 Å². The van der Waals surface area contributed by atoms with Crippen LogP contribution in [-0.2, 0) is 15.4 Å². The van der Waals surface area contributed by atoms with Gasteiger partial charge < -0.3 is 0 Å². The van der Waals surface area contributed by atoms with Crippen LogP contribution in [0.5, 0.6) is 0 Å². The second-order valence-electron chi connectivity index (χ2n) is 8.00. The quantitative estimate of drug-likeness (QED) is 0.827. The summed E-state index contributed by atoms with van der Waals surface area (Å²) in [6.45, 7) is 11.3. The molecule has 0 aliphatic heterocycles. The van der Waals surface area contributed by atoms with Gasteiger partial charge >= 0.3 is 0 Å². The van der Waals surface area contributed by atoms with E-state index in [2.05, 4.69) is 20.2 Å². The molecule has 9 heteroatoms. The number of benzene rings is 1. The molecule has 0 unspecified atom stereocenters. The average molecular weight is 397 g/mol. The van der Waals surface area contributed by atoms with Crippen molar-refractivity contribution in [1.29, 1.82) is 0 Å². The molecule has 1 heterocycles. The van der Waals surface area contributed by atoms with Gasteiger partial charge in [0.25, 0.3) is 5.91 Å². The number of amides is 1. The smallest absolute Gasteiger partial charge is 0.257 e. The highest BCUT2D eigenvalue weighted by atomic mass is 32.2. The van der Waals surface area contributed by atoms with Crippen LogP contribution in [0.4, 0.5) is 5.13 Å². The molecule has 0 aliphatic rings. The Balaban J connectivity index is 2.13. The van der Waals surface area contributed by atoms with Gasteiger partial charge in [-0.25, -0.2) is 13.1 Å². The van der Waals surface area contributed by atoms with Gasteiger partial charge in [-0.2, -0.15) is 0 Å². The number of nitrogens with zero attached hydrogens (tertiary/aromatic N) is 2. The molecule has 0 spiro atoms. The van der Waals surface area contributed by atoms with E-state index in [-0.39, 0.29) is 16.2 Å². The van der Waals surface area contributed by atoms with E-state index in [0.717, 1.165) is 5.01 Å². The standard InChI is InChI=1S/C17H24N4O3S2/c1-16(2,3)14-19-20-15(25-14)18-13(22)11-7-9-12(10-8-11)26(23,24)21-17(4,5)6/h7-10,21H,1-6H3,(H,18,20,22). The molecule has 0 atom stereocenters. The lowest BCUT2D eigenvalue weighted by Gasteiger charge is -2.20. The van der Waals surface area contributed by atoms with E-state index in [9.17, 15) is 13.2 Å². The van der Waals surface area contributed by atoms with Crippen LogP contribution in [0.2, 0.25) is 0 Å². The topological polar surface area (TPSA) is 101 Å². The SMILES string of the molecule is CC(C)(C)NS(=O)(=O)c1ccc(C(=O)Nc2nnc(C(C)(C)C)s2)cc1. The summed E-state index contributed by atoms with van der Waals surface area (Å²) in [5, 5.41) is 12.0. The minimum atomic E-state index is -3.63. The van der Waals surface area contributed by atoms with Crippen molar-refractivity contribution in [3.63, 3.8) is 0 Å². The van der Waals surface area contributed by atoms with E-state index in [1.165, 1.54) is 35.6 Å². The van der Waals surface area contributed by atoms with Gasteiger partial charge in [0.15, 0.2) is 0 Å². The Hall–Kier alpha value is -1.84. The van der Waals surface area contributed by atoms with Gasteiger partial charge in [0.1, 0.15) is 5.01 Å². The number of carbonyl (C=O) groups is 1. The minimum absolute atomic E-state index is 0.106. The molecule has 0 radical (unpaired) electrons. The number of hydrogen-bond acceptors (Lipinski definition) is 6. The van der Waals surface area contributed by atoms with Crippen molar-refractivity contribution in [2.75, 3.05) is 5.32 Å². The molecule has 0 aliphatic carbocycles. The van der Waals surface area contributed by atoms with E-state index in [0.29, 0.717) is 10.7 Å². The maximum Gasteiger partial charge on any atom is 0.257 e. The van der Waals surface area contributed by atoms with E-state index >= 15 is 0 Å². The molecule has 0 fully saturated rings. The molecule has 1 aromatic heterocycles. The van der Waals surface area contributed by atoms with Crippen LogP contribution in [0.1, 0.15) is 56.9 Å². The summed E-state index contributed by atoms with van der Waals surface area (Å²) < 4.78 is 27.1. The predicted octanol–water partition coefficient (Wildman–Crippen LogP) is 3.16. The molecule has 0 bridgehead atoms. The Morgan fingerprint density at radius 3 is 2.04 bits per heavy atom. The van der Waals surface area contributed by atoms with Gasteiger partial charge in [-0.15, -0.1) is 10.2 Å². The summed E-state index contributed by atoms with van der Waals surface area (Å²) in [4.78, 5) is 12.4. The van der Waals surface area contributed by atoms with Crippen LogP contribution in [0.15, 0.2) is 29.2 Å². The van der Waals surface area contributed by atoms with Crippen LogP contribution in [0.3, 0.4) is 0 Å². The lowest BCUT2D eigenvalue weighted by molar-refractivity contribution is 0.102. The van der Waals surface area contributed by atoms with Crippen molar-refractivity contribution in [2.45, 2.75) is 57.4 Å². The minimum Gasteiger partial charge on any atom is -0.296 e. The van der Waals surface area contributed by atoms with E-state index < -0.39 is 15.6 Å². The van der Waals surface area contributed by atoms with Crippen LogP contribution in [-0.4, -0.2) is 30.1 Å². The lowest BCUT2D eigenvalue weighted by atomic mass is 9.98. The van der Waals surface area contributed by atoms with Gasteiger partial charge in [-0.1, -0.05) is 32.1 Å². The average Bonchev–Trinajstić information content (AvgIpc) is 2.93. The Morgan fingerprint density at radius 1 is 1.00 bits per heavy atom. The zero-order chi connectivity index (χ0) is 19.8. The van der Waals surface area contributed by atoms with E-state index in [1.807, 2.05) is 20.8 Å². The van der Waals surface area contributed by atoms with Crippen LogP contribution in [0, 0.1) is 0 Å². The predicted molar refractivity (Wildman–Crippen MR) is 103 cm³/mol. The summed E-state index contributed by atoms with van der Waals surface area (Å²) in [6.07, 6.45) is 0. The molecule has 2 aromatic rings. The maximum atomic E-state index is 12.3. The summed E-state index contributed by atoms with van der Waals surface area (Å²) in [7, 11) is -3.63. The summed E-state index contributed by atoms with van der Waals surface area (Å²) >= 11 is 1.32. The first-order valence-corrected chi connectivity index (χ1v) is 10.4. The van der Waals surface area contributed by atoms with E-state index in [1.54, 1.807) is 20.8 Å². The maximum absolute atomic E-state index is 12.3. The highest BCUT2D eigenvalue weighted by molar-refractivity contribution is 7.89. The fourth-order valence-electron chi connectivity index (χ4n) is 1.99. The van der Waals surface area contributed by atoms with Gasteiger partial charge in [-0.05, 0) is 45.0 Å². The van der Waals surface area contributed by atoms with Gasteiger partial charge in [0.05, 0.1) is 4.90 Å². The summed E-state index contributed by atoms with van der Waals surface area (Å²) in [6, 6.07) is 5.75. The molecular weight excluding hydrogens is 372 g/mol. The number of rotatable bonds is 4. The molecular formula is C17H24N4O3S2. The Labute approximate surface area is 158 Å². The van der Waals surface area contributed by atoms with Crippen LogP contribution >= 0.6 is 11.3 Å². The first-order chi connectivity index (χ1) is 11.8. The highest BCUT2D eigenvalue weighted by Gasteiger charge is 2.23. The zero-order valence-electron chi connectivity index (χ0n) is 15.7. The Bertz CT molecular complexity index is 889. The second kappa shape index (κ2) is 7.05. The molecule has 142 valence electrons. The largest absolute Gasteiger partial charge is 0.296 e. The van der Waals surface area contributed by atoms with Crippen molar-refractivity contribution >= 4 is 32.4 Å². The second-order valence-corrected chi connectivity index (χ2v) is 10.7. The number of aromatic nitrogens is 2. The summed E-state index contributed by atoms with van der Waals surface area (Å²) in [5.74, 6) is -0.366. The van der Waals surface area contributed by atoms with E-state index in [4.69, 9.17) is 0 Å². The molecule has 1 amide bonds.